The minimum Gasteiger partial charge on any atom is -0.481 e. The Kier molecular flexibility index (Phi) is 6.24. The molecule has 0 spiro atoms. The molecular weight excluding hydrogens is 287 g/mol. The third kappa shape index (κ3) is 5.05. The van der Waals surface area contributed by atoms with Gasteiger partial charge >= 0.3 is 12.0 Å². The third-order valence-corrected chi connectivity index (χ3v) is 2.99. The first-order valence-corrected chi connectivity index (χ1v) is 6.54. The largest absolute Gasteiger partial charge is 0.481 e. The van der Waals surface area contributed by atoms with Gasteiger partial charge in [-0.05, 0) is 24.6 Å². The standard InChI is InChI=1S/C13H16ClFN2O3/c1-2-3-8(12(18)19)7-16-13(20)17-11-5-4-9(15)6-10(11)14/h4-6,8H,2-3,7H2,1H3,(H,18,19)(H2,16,17,20). The van der Waals surface area contributed by atoms with Gasteiger partial charge in [-0.3, -0.25) is 4.79 Å². The molecule has 0 aliphatic heterocycles. The molecule has 1 aromatic rings. The van der Waals surface area contributed by atoms with Crippen LogP contribution in [0.3, 0.4) is 0 Å². The zero-order chi connectivity index (χ0) is 15.1. The normalized spacial score (nSPS) is 11.8. The molecule has 1 aromatic carbocycles. The van der Waals surface area contributed by atoms with Gasteiger partial charge in [0, 0.05) is 6.54 Å². The molecule has 110 valence electrons. The molecule has 0 saturated carbocycles. The number of carbonyl (C=O) groups excluding carboxylic acids is 1. The second-order valence-corrected chi connectivity index (χ2v) is 4.69. The van der Waals surface area contributed by atoms with Crippen LogP contribution in [-0.4, -0.2) is 23.7 Å². The molecule has 0 heterocycles. The molecule has 1 rings (SSSR count). The summed E-state index contributed by atoms with van der Waals surface area (Å²) in [5.41, 5.74) is 0.257. The molecule has 5 nitrogen and oxygen atoms in total. The number of amides is 2. The molecule has 0 aliphatic rings. The molecule has 0 bridgehead atoms. The number of rotatable bonds is 6. The summed E-state index contributed by atoms with van der Waals surface area (Å²) < 4.78 is 12.8. The van der Waals surface area contributed by atoms with E-state index in [0.29, 0.717) is 12.8 Å². The summed E-state index contributed by atoms with van der Waals surface area (Å²) in [6, 6.07) is 2.99. The average molecular weight is 303 g/mol. The van der Waals surface area contributed by atoms with E-state index < -0.39 is 23.7 Å². The lowest BCUT2D eigenvalue weighted by atomic mass is 10.0. The van der Waals surface area contributed by atoms with Gasteiger partial charge in [0.05, 0.1) is 16.6 Å². The van der Waals surface area contributed by atoms with Crippen LogP contribution in [0.15, 0.2) is 18.2 Å². The van der Waals surface area contributed by atoms with Crippen molar-refractivity contribution in [3.05, 3.63) is 29.0 Å². The first kappa shape index (κ1) is 16.2. The molecule has 3 N–H and O–H groups in total. The van der Waals surface area contributed by atoms with Gasteiger partial charge in [-0.25, -0.2) is 9.18 Å². The van der Waals surface area contributed by atoms with Crippen molar-refractivity contribution in [3.63, 3.8) is 0 Å². The second kappa shape index (κ2) is 7.69. The van der Waals surface area contributed by atoms with Gasteiger partial charge in [0.15, 0.2) is 0 Å². The molecule has 20 heavy (non-hydrogen) atoms. The molecule has 0 fully saturated rings. The van der Waals surface area contributed by atoms with Crippen LogP contribution in [0.2, 0.25) is 5.02 Å². The maximum absolute atomic E-state index is 12.8. The fraction of sp³-hybridized carbons (Fsp3) is 0.385. The maximum atomic E-state index is 12.8. The van der Waals surface area contributed by atoms with E-state index in [1.165, 1.54) is 12.1 Å². The van der Waals surface area contributed by atoms with Gasteiger partial charge < -0.3 is 15.7 Å². The zero-order valence-corrected chi connectivity index (χ0v) is 11.7. The number of hydrogen-bond acceptors (Lipinski definition) is 2. The Hall–Kier alpha value is -1.82. The number of carboxylic acids is 1. The van der Waals surface area contributed by atoms with E-state index in [1.54, 1.807) is 0 Å². The molecule has 0 aromatic heterocycles. The van der Waals surface area contributed by atoms with Gasteiger partial charge in [0.1, 0.15) is 5.82 Å². The number of hydrogen-bond donors (Lipinski definition) is 3. The van der Waals surface area contributed by atoms with Crippen molar-refractivity contribution in [2.24, 2.45) is 5.92 Å². The summed E-state index contributed by atoms with van der Waals surface area (Å²) in [5, 5.41) is 13.9. The lowest BCUT2D eigenvalue weighted by molar-refractivity contribution is -0.141. The number of nitrogens with one attached hydrogen (secondary N) is 2. The molecule has 1 atom stereocenters. The molecule has 0 radical (unpaired) electrons. The molecule has 2 amide bonds. The molecule has 0 aliphatic carbocycles. The number of urea groups is 1. The summed E-state index contributed by atoms with van der Waals surface area (Å²) in [5.74, 6) is -2.09. The fourth-order valence-corrected chi connectivity index (χ4v) is 1.85. The van der Waals surface area contributed by atoms with Gasteiger partial charge in [-0.15, -0.1) is 0 Å². The Morgan fingerprint density at radius 2 is 2.15 bits per heavy atom. The quantitative estimate of drug-likeness (QED) is 0.755. The van der Waals surface area contributed by atoms with Crippen LogP contribution in [-0.2, 0) is 4.79 Å². The summed E-state index contributed by atoms with van der Waals surface area (Å²) in [6.07, 6.45) is 1.19. The van der Waals surface area contributed by atoms with E-state index in [0.717, 1.165) is 6.07 Å². The monoisotopic (exact) mass is 302 g/mol. The van der Waals surface area contributed by atoms with Gasteiger partial charge in [0.2, 0.25) is 0 Å². The lowest BCUT2D eigenvalue weighted by Crippen LogP contribution is -2.35. The van der Waals surface area contributed by atoms with Crippen molar-refractivity contribution < 1.29 is 19.1 Å². The molecular formula is C13H16ClFN2O3. The first-order chi connectivity index (χ1) is 9.43. The predicted molar refractivity (Wildman–Crippen MR) is 74.5 cm³/mol. The lowest BCUT2D eigenvalue weighted by Gasteiger charge is -2.13. The summed E-state index contributed by atoms with van der Waals surface area (Å²) in [4.78, 5) is 22.5. The van der Waals surface area contributed by atoms with E-state index in [1.807, 2.05) is 6.92 Å². The van der Waals surface area contributed by atoms with Crippen molar-refractivity contribution in [2.45, 2.75) is 19.8 Å². The van der Waals surface area contributed by atoms with Crippen molar-refractivity contribution in [2.75, 3.05) is 11.9 Å². The Labute approximate surface area is 121 Å². The number of carbonyl (C=O) groups is 2. The van der Waals surface area contributed by atoms with Crippen LogP contribution >= 0.6 is 11.6 Å². The van der Waals surface area contributed by atoms with E-state index >= 15 is 0 Å². The van der Waals surface area contributed by atoms with Gasteiger partial charge in [-0.2, -0.15) is 0 Å². The van der Waals surface area contributed by atoms with Crippen LogP contribution in [0, 0.1) is 11.7 Å². The van der Waals surface area contributed by atoms with E-state index in [4.69, 9.17) is 16.7 Å². The van der Waals surface area contributed by atoms with Crippen molar-refractivity contribution in [1.29, 1.82) is 0 Å². The summed E-state index contributed by atoms with van der Waals surface area (Å²) >= 11 is 5.76. The summed E-state index contributed by atoms with van der Waals surface area (Å²) in [7, 11) is 0. The predicted octanol–water partition coefficient (Wildman–Crippen LogP) is 3.10. The topological polar surface area (TPSA) is 78.4 Å². The minimum atomic E-state index is -0.952. The Balaban J connectivity index is 2.53. The SMILES string of the molecule is CCCC(CNC(=O)Nc1ccc(F)cc1Cl)C(=O)O. The van der Waals surface area contributed by atoms with E-state index in [-0.39, 0.29) is 17.3 Å². The number of aliphatic carboxylic acids is 1. The highest BCUT2D eigenvalue weighted by atomic mass is 35.5. The number of anilines is 1. The summed E-state index contributed by atoms with van der Waals surface area (Å²) in [6.45, 7) is 1.89. The third-order valence-electron chi connectivity index (χ3n) is 2.67. The Morgan fingerprint density at radius 3 is 2.70 bits per heavy atom. The highest BCUT2D eigenvalue weighted by molar-refractivity contribution is 6.33. The number of benzene rings is 1. The minimum absolute atomic E-state index is 0.0216. The fourth-order valence-electron chi connectivity index (χ4n) is 1.63. The molecule has 0 saturated heterocycles. The molecule has 1 unspecified atom stereocenters. The van der Waals surface area contributed by atoms with Crippen LogP contribution in [0.4, 0.5) is 14.9 Å². The Bertz CT molecular complexity index is 497. The Morgan fingerprint density at radius 1 is 1.45 bits per heavy atom. The van der Waals surface area contributed by atoms with Crippen LogP contribution in [0.1, 0.15) is 19.8 Å². The van der Waals surface area contributed by atoms with E-state index in [9.17, 15) is 14.0 Å². The van der Waals surface area contributed by atoms with Crippen molar-refractivity contribution in [1.82, 2.24) is 5.32 Å². The van der Waals surface area contributed by atoms with Crippen molar-refractivity contribution >= 4 is 29.3 Å². The smallest absolute Gasteiger partial charge is 0.319 e. The van der Waals surface area contributed by atoms with Crippen LogP contribution < -0.4 is 10.6 Å². The second-order valence-electron chi connectivity index (χ2n) is 4.28. The van der Waals surface area contributed by atoms with Crippen LogP contribution in [0.5, 0.6) is 0 Å². The van der Waals surface area contributed by atoms with Crippen LogP contribution in [0.25, 0.3) is 0 Å². The zero-order valence-electron chi connectivity index (χ0n) is 11.0. The number of carboxylic acid groups (broad SMARTS) is 1. The molecule has 7 heteroatoms. The highest BCUT2D eigenvalue weighted by Crippen LogP contribution is 2.22. The highest BCUT2D eigenvalue weighted by Gasteiger charge is 2.17. The maximum Gasteiger partial charge on any atom is 0.319 e. The number of halogens is 2. The van der Waals surface area contributed by atoms with Crippen molar-refractivity contribution in [3.8, 4) is 0 Å². The first-order valence-electron chi connectivity index (χ1n) is 6.16. The van der Waals surface area contributed by atoms with Gasteiger partial charge in [0.25, 0.3) is 0 Å². The average Bonchev–Trinajstić information content (AvgIpc) is 2.37. The van der Waals surface area contributed by atoms with E-state index in [2.05, 4.69) is 10.6 Å². The van der Waals surface area contributed by atoms with Gasteiger partial charge in [-0.1, -0.05) is 24.9 Å².